The molecule has 3 rings (SSSR count). The van der Waals surface area contributed by atoms with Gasteiger partial charge in [0.05, 0.1) is 17.7 Å². The lowest BCUT2D eigenvalue weighted by molar-refractivity contribution is 0.0698. The molecule has 0 spiro atoms. The second-order valence-corrected chi connectivity index (χ2v) is 5.26. The van der Waals surface area contributed by atoms with Gasteiger partial charge in [0.2, 0.25) is 5.88 Å². The van der Waals surface area contributed by atoms with Gasteiger partial charge in [-0.15, -0.1) is 0 Å². The molecule has 20 heavy (non-hydrogen) atoms. The minimum absolute atomic E-state index is 0.245. The van der Waals surface area contributed by atoms with E-state index in [0.717, 1.165) is 12.3 Å². The van der Waals surface area contributed by atoms with E-state index >= 15 is 0 Å². The number of carboxylic acid groups (broad SMARTS) is 1. The van der Waals surface area contributed by atoms with Gasteiger partial charge < -0.3 is 9.84 Å². The average Bonchev–Trinajstić information content (AvgIpc) is 2.40. The fourth-order valence-corrected chi connectivity index (χ4v) is 2.51. The van der Waals surface area contributed by atoms with Crippen molar-refractivity contribution in [3.05, 3.63) is 35.9 Å². The molecule has 1 N–H and O–H groups in total. The summed E-state index contributed by atoms with van der Waals surface area (Å²) in [6.45, 7) is 0.606. The number of nitrogens with zero attached hydrogens (tertiary/aromatic N) is 1. The van der Waals surface area contributed by atoms with Crippen molar-refractivity contribution in [3.8, 4) is 5.88 Å². The fraction of sp³-hybridized carbons (Fsp3) is 0.375. The molecule has 1 aromatic carbocycles. The maximum Gasteiger partial charge on any atom is 0.336 e. The second-order valence-electron chi connectivity index (χ2n) is 5.26. The van der Waals surface area contributed by atoms with Crippen LogP contribution in [0, 0.1) is 5.92 Å². The number of fused-ring (bicyclic) bond motifs is 1. The van der Waals surface area contributed by atoms with E-state index in [1.165, 1.54) is 25.3 Å². The van der Waals surface area contributed by atoms with Crippen LogP contribution >= 0.6 is 0 Å². The zero-order chi connectivity index (χ0) is 13.9. The molecule has 4 heteroatoms. The molecule has 4 nitrogen and oxygen atoms in total. The summed E-state index contributed by atoms with van der Waals surface area (Å²) in [5, 5.41) is 9.93. The Bertz CT molecular complexity index is 635. The Hall–Kier alpha value is -2.10. The van der Waals surface area contributed by atoms with Crippen LogP contribution < -0.4 is 4.74 Å². The minimum atomic E-state index is -0.951. The van der Waals surface area contributed by atoms with E-state index in [1.54, 1.807) is 12.1 Å². The predicted octanol–water partition coefficient (Wildman–Crippen LogP) is 3.50. The van der Waals surface area contributed by atoms with Crippen molar-refractivity contribution in [2.24, 2.45) is 5.92 Å². The van der Waals surface area contributed by atoms with Gasteiger partial charge in [0.15, 0.2) is 0 Å². The average molecular weight is 271 g/mol. The number of para-hydroxylation sites is 1. The van der Waals surface area contributed by atoms with Gasteiger partial charge in [0.25, 0.3) is 0 Å². The maximum absolute atomic E-state index is 11.3. The first-order valence-electron chi connectivity index (χ1n) is 7.00. The third-order valence-corrected chi connectivity index (χ3v) is 3.92. The van der Waals surface area contributed by atoms with Gasteiger partial charge in [-0.2, -0.15) is 0 Å². The highest BCUT2D eigenvalue weighted by atomic mass is 16.5. The number of carboxylic acids is 1. The molecule has 1 aromatic heterocycles. The monoisotopic (exact) mass is 271 g/mol. The lowest BCUT2D eigenvalue weighted by Crippen LogP contribution is -2.15. The Morgan fingerprint density at radius 1 is 1.35 bits per heavy atom. The Kier molecular flexibility index (Phi) is 3.54. The van der Waals surface area contributed by atoms with Crippen LogP contribution in [0.3, 0.4) is 0 Å². The van der Waals surface area contributed by atoms with Crippen LogP contribution in [-0.2, 0) is 0 Å². The predicted molar refractivity (Wildman–Crippen MR) is 76.2 cm³/mol. The number of carbonyl (C=O) groups is 1. The molecule has 1 aliphatic rings. The van der Waals surface area contributed by atoms with Gasteiger partial charge in [-0.3, -0.25) is 0 Å². The quantitative estimate of drug-likeness (QED) is 0.904. The molecular formula is C16H17NO3. The lowest BCUT2D eigenvalue weighted by Gasteiger charge is -2.24. The number of hydrogen-bond donors (Lipinski definition) is 1. The van der Waals surface area contributed by atoms with Gasteiger partial charge >= 0.3 is 5.97 Å². The molecule has 2 aromatic rings. The Morgan fingerprint density at radius 2 is 2.15 bits per heavy atom. The van der Waals surface area contributed by atoms with Crippen LogP contribution in [-0.4, -0.2) is 22.7 Å². The summed E-state index contributed by atoms with van der Waals surface area (Å²) in [4.78, 5) is 15.7. The SMILES string of the molecule is O=C(O)c1cc(OCCC2CCC2)nc2ccccc12. The molecule has 0 radical (unpaired) electrons. The fourth-order valence-electron chi connectivity index (χ4n) is 2.51. The largest absolute Gasteiger partial charge is 0.478 e. The zero-order valence-corrected chi connectivity index (χ0v) is 11.2. The Labute approximate surface area is 117 Å². The van der Waals surface area contributed by atoms with Crippen LogP contribution in [0.15, 0.2) is 30.3 Å². The van der Waals surface area contributed by atoms with E-state index in [4.69, 9.17) is 4.74 Å². The van der Waals surface area contributed by atoms with E-state index in [1.807, 2.05) is 12.1 Å². The molecule has 0 aliphatic heterocycles. The molecular weight excluding hydrogens is 254 g/mol. The van der Waals surface area contributed by atoms with E-state index in [-0.39, 0.29) is 5.56 Å². The molecule has 0 atom stereocenters. The number of ether oxygens (including phenoxy) is 1. The van der Waals surface area contributed by atoms with Gasteiger partial charge in [-0.1, -0.05) is 37.5 Å². The molecule has 0 saturated heterocycles. The van der Waals surface area contributed by atoms with E-state index in [9.17, 15) is 9.90 Å². The maximum atomic E-state index is 11.3. The summed E-state index contributed by atoms with van der Waals surface area (Å²) in [5.41, 5.74) is 0.903. The highest BCUT2D eigenvalue weighted by Gasteiger charge is 2.17. The normalized spacial score (nSPS) is 15.0. The standard InChI is InChI=1S/C16H17NO3/c18-16(19)13-10-15(20-9-8-11-4-3-5-11)17-14-7-2-1-6-12(13)14/h1-2,6-7,10-11H,3-5,8-9H2,(H,18,19). The summed E-state index contributed by atoms with van der Waals surface area (Å²) >= 11 is 0. The van der Waals surface area contributed by atoms with Crippen LogP contribution in [0.5, 0.6) is 5.88 Å². The van der Waals surface area contributed by atoms with Crippen molar-refractivity contribution in [2.45, 2.75) is 25.7 Å². The first-order chi connectivity index (χ1) is 9.74. The number of aromatic carboxylic acids is 1. The first kappa shape index (κ1) is 12.9. The summed E-state index contributed by atoms with van der Waals surface area (Å²) in [6.07, 6.45) is 4.92. The van der Waals surface area contributed by atoms with E-state index in [2.05, 4.69) is 4.98 Å². The number of pyridine rings is 1. The number of benzene rings is 1. The molecule has 0 amide bonds. The van der Waals surface area contributed by atoms with Gasteiger partial charge in [-0.25, -0.2) is 9.78 Å². The van der Waals surface area contributed by atoms with Gasteiger partial charge in [0.1, 0.15) is 0 Å². The molecule has 1 heterocycles. The third-order valence-electron chi connectivity index (χ3n) is 3.92. The van der Waals surface area contributed by atoms with Crippen molar-refractivity contribution >= 4 is 16.9 Å². The van der Waals surface area contributed by atoms with Crippen molar-refractivity contribution in [1.82, 2.24) is 4.98 Å². The Balaban J connectivity index is 1.81. The van der Waals surface area contributed by atoms with Crippen LogP contribution in [0.4, 0.5) is 0 Å². The molecule has 1 fully saturated rings. The smallest absolute Gasteiger partial charge is 0.336 e. The van der Waals surface area contributed by atoms with Crippen molar-refractivity contribution in [3.63, 3.8) is 0 Å². The highest BCUT2D eigenvalue weighted by Crippen LogP contribution is 2.29. The zero-order valence-electron chi connectivity index (χ0n) is 11.2. The van der Waals surface area contributed by atoms with Gasteiger partial charge in [-0.05, 0) is 18.4 Å². The molecule has 0 unspecified atom stereocenters. The van der Waals surface area contributed by atoms with Crippen LogP contribution in [0.1, 0.15) is 36.0 Å². The first-order valence-corrected chi connectivity index (χ1v) is 7.00. The van der Waals surface area contributed by atoms with E-state index < -0.39 is 5.97 Å². The van der Waals surface area contributed by atoms with Crippen molar-refractivity contribution in [2.75, 3.05) is 6.61 Å². The van der Waals surface area contributed by atoms with Crippen molar-refractivity contribution < 1.29 is 14.6 Å². The van der Waals surface area contributed by atoms with Crippen molar-refractivity contribution in [1.29, 1.82) is 0 Å². The summed E-state index contributed by atoms with van der Waals surface area (Å²) in [7, 11) is 0. The second kappa shape index (κ2) is 5.49. The van der Waals surface area contributed by atoms with Gasteiger partial charge in [0, 0.05) is 11.5 Å². The lowest BCUT2D eigenvalue weighted by atomic mass is 9.83. The summed E-state index contributed by atoms with van der Waals surface area (Å²) in [6, 6.07) is 8.75. The van der Waals surface area contributed by atoms with Crippen LogP contribution in [0.25, 0.3) is 10.9 Å². The number of rotatable bonds is 5. The number of hydrogen-bond acceptors (Lipinski definition) is 3. The number of aromatic nitrogens is 1. The Morgan fingerprint density at radius 3 is 2.85 bits per heavy atom. The third kappa shape index (κ3) is 2.59. The molecule has 0 bridgehead atoms. The molecule has 104 valence electrons. The summed E-state index contributed by atoms with van der Waals surface area (Å²) in [5.74, 6) is 0.224. The highest BCUT2D eigenvalue weighted by molar-refractivity contribution is 6.02. The van der Waals surface area contributed by atoms with E-state index in [0.29, 0.717) is 23.4 Å². The summed E-state index contributed by atoms with van der Waals surface area (Å²) < 4.78 is 5.64. The minimum Gasteiger partial charge on any atom is -0.478 e. The molecule has 1 saturated carbocycles. The van der Waals surface area contributed by atoms with Crippen LogP contribution in [0.2, 0.25) is 0 Å². The topological polar surface area (TPSA) is 59.4 Å². The molecule has 1 aliphatic carbocycles.